The molecule has 2 aromatic rings. The van der Waals surface area contributed by atoms with Gasteiger partial charge in [-0.2, -0.15) is 10.2 Å². The molecule has 0 aliphatic rings. The van der Waals surface area contributed by atoms with Crippen LogP contribution in [0.2, 0.25) is 0 Å². The summed E-state index contributed by atoms with van der Waals surface area (Å²) in [5.41, 5.74) is 1.38. The Morgan fingerprint density at radius 2 is 2.05 bits per heavy atom. The van der Waals surface area contributed by atoms with Gasteiger partial charge in [-0.3, -0.25) is 24.3 Å². The number of amides is 1. The zero-order chi connectivity index (χ0) is 15.7. The maximum absolute atomic E-state index is 12.0. The summed E-state index contributed by atoms with van der Waals surface area (Å²) in [5.74, 6) is 0.243. The molecule has 0 atom stereocenters. The molecule has 0 aliphatic heterocycles. The largest absolute Gasteiger partial charge is 0.312 e. The number of aryl methyl sites for hydroxylation is 3. The molecular weight excluding hydrogens is 276 g/mol. The third kappa shape index (κ3) is 2.91. The molecule has 9 heteroatoms. The van der Waals surface area contributed by atoms with Crippen LogP contribution in [0.3, 0.4) is 0 Å². The molecule has 2 heterocycles. The Morgan fingerprint density at radius 3 is 2.52 bits per heavy atom. The second kappa shape index (κ2) is 5.35. The van der Waals surface area contributed by atoms with Crippen molar-refractivity contribution in [1.82, 2.24) is 19.6 Å². The fourth-order valence-electron chi connectivity index (χ4n) is 2.15. The van der Waals surface area contributed by atoms with Crippen LogP contribution in [0.25, 0.3) is 0 Å². The topological polar surface area (TPSA) is 108 Å². The molecule has 0 fully saturated rings. The molecule has 9 nitrogen and oxygen atoms in total. The third-order valence-corrected chi connectivity index (χ3v) is 3.09. The van der Waals surface area contributed by atoms with Gasteiger partial charge in [-0.1, -0.05) is 0 Å². The molecule has 2 rings (SSSR count). The van der Waals surface area contributed by atoms with Crippen molar-refractivity contribution in [3.8, 4) is 0 Å². The number of nitrogens with zero attached hydrogens (tertiary/aromatic N) is 5. The maximum atomic E-state index is 12.0. The van der Waals surface area contributed by atoms with Gasteiger partial charge in [0.05, 0.1) is 10.6 Å². The number of nitrogens with one attached hydrogen (secondary N) is 1. The summed E-state index contributed by atoms with van der Waals surface area (Å²) in [4.78, 5) is 22.4. The predicted octanol–water partition coefficient (Wildman–Crippen LogP) is 1.09. The van der Waals surface area contributed by atoms with E-state index >= 15 is 0 Å². The lowest BCUT2D eigenvalue weighted by atomic mass is 10.3. The van der Waals surface area contributed by atoms with Gasteiger partial charge in [0.2, 0.25) is 5.91 Å². The second-order valence-corrected chi connectivity index (χ2v) is 4.78. The number of hydrogen-bond acceptors (Lipinski definition) is 5. The Hall–Kier alpha value is -2.71. The number of anilines is 1. The molecular formula is C12H16N6O3. The highest BCUT2D eigenvalue weighted by Gasteiger charge is 2.22. The molecule has 0 aliphatic carbocycles. The quantitative estimate of drug-likeness (QED) is 0.670. The minimum atomic E-state index is -0.490. The molecule has 2 aromatic heterocycles. The average Bonchev–Trinajstić information content (AvgIpc) is 2.79. The highest BCUT2D eigenvalue weighted by Crippen LogP contribution is 2.21. The van der Waals surface area contributed by atoms with E-state index in [1.807, 2.05) is 6.92 Å². The Labute approximate surface area is 120 Å². The first-order chi connectivity index (χ1) is 9.79. The molecule has 112 valence electrons. The third-order valence-electron chi connectivity index (χ3n) is 3.09. The fourth-order valence-corrected chi connectivity index (χ4v) is 2.15. The van der Waals surface area contributed by atoms with Crippen LogP contribution in [0, 0.1) is 30.9 Å². The molecule has 0 saturated heterocycles. The van der Waals surface area contributed by atoms with Gasteiger partial charge in [0, 0.05) is 13.1 Å². The average molecular weight is 292 g/mol. The number of carbonyl (C=O) groups is 1. The lowest BCUT2D eigenvalue weighted by Crippen LogP contribution is -2.21. The van der Waals surface area contributed by atoms with Crippen LogP contribution in [0.5, 0.6) is 0 Å². The summed E-state index contributed by atoms with van der Waals surface area (Å²) >= 11 is 0. The van der Waals surface area contributed by atoms with E-state index in [0.717, 1.165) is 5.69 Å². The number of carbonyl (C=O) groups excluding carboxylic acids is 1. The smallest absolute Gasteiger partial charge is 0.309 e. The van der Waals surface area contributed by atoms with Crippen LogP contribution in [-0.2, 0) is 18.4 Å². The fraction of sp³-hybridized carbons (Fsp3) is 0.417. The van der Waals surface area contributed by atoms with Crippen molar-refractivity contribution in [1.29, 1.82) is 0 Å². The molecule has 0 spiro atoms. The van der Waals surface area contributed by atoms with Crippen LogP contribution >= 0.6 is 0 Å². The first-order valence-electron chi connectivity index (χ1n) is 6.28. The lowest BCUT2D eigenvalue weighted by molar-refractivity contribution is -0.386. The van der Waals surface area contributed by atoms with E-state index < -0.39 is 4.92 Å². The standard InChI is InChI=1S/C12H16N6O3/c1-7-5-10(16(4)14-7)13-11(19)6-17-9(3)12(18(20)21)8(2)15-17/h5H,6H2,1-4H3,(H,13,19). The van der Waals surface area contributed by atoms with E-state index in [2.05, 4.69) is 15.5 Å². The van der Waals surface area contributed by atoms with Crippen molar-refractivity contribution < 1.29 is 9.72 Å². The summed E-state index contributed by atoms with van der Waals surface area (Å²) in [6, 6.07) is 1.74. The number of hydrogen-bond donors (Lipinski definition) is 1. The second-order valence-electron chi connectivity index (χ2n) is 4.78. The van der Waals surface area contributed by atoms with E-state index in [-0.39, 0.29) is 18.1 Å². The van der Waals surface area contributed by atoms with Crippen LogP contribution in [0.1, 0.15) is 17.1 Å². The molecule has 1 amide bonds. The highest BCUT2D eigenvalue weighted by atomic mass is 16.6. The molecule has 0 radical (unpaired) electrons. The van der Waals surface area contributed by atoms with Gasteiger partial charge < -0.3 is 5.32 Å². The predicted molar refractivity (Wildman–Crippen MR) is 74.9 cm³/mol. The van der Waals surface area contributed by atoms with E-state index in [1.54, 1.807) is 31.6 Å². The van der Waals surface area contributed by atoms with Crippen molar-refractivity contribution in [3.05, 3.63) is 33.3 Å². The Bertz CT molecular complexity index is 715. The number of nitro groups is 1. The van der Waals surface area contributed by atoms with E-state index in [1.165, 1.54) is 4.68 Å². The molecule has 0 aromatic carbocycles. The van der Waals surface area contributed by atoms with Crippen molar-refractivity contribution in [2.24, 2.45) is 7.05 Å². The zero-order valence-electron chi connectivity index (χ0n) is 12.2. The summed E-state index contributed by atoms with van der Waals surface area (Å²) in [5, 5.41) is 21.8. The Balaban J connectivity index is 2.15. The van der Waals surface area contributed by atoms with Gasteiger partial charge in [0.1, 0.15) is 23.8 Å². The lowest BCUT2D eigenvalue weighted by Gasteiger charge is -2.06. The normalized spacial score (nSPS) is 10.7. The molecule has 0 saturated carbocycles. The minimum absolute atomic E-state index is 0.0563. The van der Waals surface area contributed by atoms with Gasteiger partial charge in [0.15, 0.2) is 0 Å². The highest BCUT2D eigenvalue weighted by molar-refractivity contribution is 5.89. The van der Waals surface area contributed by atoms with Crippen LogP contribution in [-0.4, -0.2) is 30.4 Å². The van der Waals surface area contributed by atoms with E-state index in [0.29, 0.717) is 17.2 Å². The van der Waals surface area contributed by atoms with Gasteiger partial charge >= 0.3 is 5.69 Å². The Kier molecular flexibility index (Phi) is 3.74. The molecule has 0 unspecified atom stereocenters. The minimum Gasteiger partial charge on any atom is -0.309 e. The first kappa shape index (κ1) is 14.7. The Morgan fingerprint density at radius 1 is 1.38 bits per heavy atom. The first-order valence-corrected chi connectivity index (χ1v) is 6.28. The number of aromatic nitrogens is 4. The van der Waals surface area contributed by atoms with E-state index in [9.17, 15) is 14.9 Å². The van der Waals surface area contributed by atoms with Gasteiger partial charge in [-0.25, -0.2) is 0 Å². The maximum Gasteiger partial charge on any atom is 0.312 e. The SMILES string of the molecule is Cc1cc(NC(=O)Cn2nc(C)c([N+](=O)[O-])c2C)n(C)n1. The van der Waals surface area contributed by atoms with Crippen molar-refractivity contribution in [2.45, 2.75) is 27.3 Å². The summed E-state index contributed by atoms with van der Waals surface area (Å²) in [6.07, 6.45) is 0. The van der Waals surface area contributed by atoms with Gasteiger partial charge in [-0.05, 0) is 20.8 Å². The summed E-state index contributed by atoms with van der Waals surface area (Å²) < 4.78 is 2.88. The molecule has 1 N–H and O–H groups in total. The molecule has 0 bridgehead atoms. The van der Waals surface area contributed by atoms with E-state index in [4.69, 9.17) is 0 Å². The van der Waals surface area contributed by atoms with Crippen molar-refractivity contribution in [3.63, 3.8) is 0 Å². The number of rotatable bonds is 4. The monoisotopic (exact) mass is 292 g/mol. The molecule has 21 heavy (non-hydrogen) atoms. The van der Waals surface area contributed by atoms with Crippen LogP contribution in [0.4, 0.5) is 11.5 Å². The van der Waals surface area contributed by atoms with Gasteiger partial charge in [-0.15, -0.1) is 0 Å². The van der Waals surface area contributed by atoms with Gasteiger partial charge in [0.25, 0.3) is 0 Å². The van der Waals surface area contributed by atoms with Crippen molar-refractivity contribution in [2.75, 3.05) is 5.32 Å². The summed E-state index contributed by atoms with van der Waals surface area (Å²) in [7, 11) is 1.72. The van der Waals surface area contributed by atoms with Crippen molar-refractivity contribution >= 4 is 17.4 Å². The summed E-state index contributed by atoms with van der Waals surface area (Å²) in [6.45, 7) is 4.84. The zero-order valence-corrected chi connectivity index (χ0v) is 12.2. The van der Waals surface area contributed by atoms with Crippen LogP contribution in [0.15, 0.2) is 6.07 Å². The van der Waals surface area contributed by atoms with Crippen LogP contribution < -0.4 is 5.32 Å².